The first-order chi connectivity index (χ1) is 14.9. The Kier molecular flexibility index (Phi) is 4.86. The summed E-state index contributed by atoms with van der Waals surface area (Å²) in [5, 5.41) is 6.51. The van der Waals surface area contributed by atoms with E-state index in [1.807, 2.05) is 18.2 Å². The molecule has 1 saturated heterocycles. The fourth-order valence-electron chi connectivity index (χ4n) is 4.36. The first-order valence-electron chi connectivity index (χ1n) is 9.93. The molecule has 160 valence electrons. The molecule has 3 atom stereocenters. The van der Waals surface area contributed by atoms with Crippen LogP contribution in [-0.2, 0) is 11.3 Å². The number of carbonyl (C=O) groups is 3. The number of fused-ring (bicyclic) bond motifs is 2. The van der Waals surface area contributed by atoms with Crippen molar-refractivity contribution in [2.45, 2.75) is 31.5 Å². The summed E-state index contributed by atoms with van der Waals surface area (Å²) in [7, 11) is 0. The number of urea groups is 1. The van der Waals surface area contributed by atoms with Gasteiger partial charge in [-0.25, -0.2) is 9.59 Å². The molecule has 3 heterocycles. The van der Waals surface area contributed by atoms with Crippen molar-refractivity contribution in [1.82, 2.24) is 14.8 Å². The van der Waals surface area contributed by atoms with Crippen LogP contribution in [0.2, 0.25) is 4.34 Å². The van der Waals surface area contributed by atoms with Gasteiger partial charge in [-0.05, 0) is 37.0 Å². The molecule has 2 aromatic heterocycles. The average Bonchev–Trinajstić information content (AvgIpc) is 3.08. The van der Waals surface area contributed by atoms with E-state index in [-0.39, 0.29) is 18.0 Å². The Bertz CT molecular complexity index is 1200. The molecule has 0 bridgehead atoms. The molecule has 1 aliphatic carbocycles. The van der Waals surface area contributed by atoms with Crippen LogP contribution < -0.4 is 16.4 Å². The lowest BCUT2D eigenvalue weighted by molar-refractivity contribution is -0.125. The van der Waals surface area contributed by atoms with Crippen molar-refractivity contribution in [2.75, 3.05) is 5.32 Å². The monoisotopic (exact) mass is 457 g/mol. The zero-order valence-electron chi connectivity index (χ0n) is 16.4. The Morgan fingerprint density at radius 1 is 1.16 bits per heavy atom. The summed E-state index contributed by atoms with van der Waals surface area (Å²) in [4.78, 5) is 40.4. The van der Waals surface area contributed by atoms with Crippen LogP contribution in [-0.4, -0.2) is 39.5 Å². The lowest BCUT2D eigenvalue weighted by atomic mass is 10.1. The zero-order valence-corrected chi connectivity index (χ0v) is 17.9. The number of amides is 4. The summed E-state index contributed by atoms with van der Waals surface area (Å²) in [6.45, 7) is 0.379. The van der Waals surface area contributed by atoms with E-state index in [2.05, 4.69) is 10.6 Å². The standard InChI is InChI=1S/C21H20ClN5O3S/c22-18-6-5-12(31-18)9-24-19(28)17-8-11-7-16(11)27(17)21(30)25-14-10-26(20(23)29)15-4-2-1-3-13(14)15/h1-6,10-11,16-17H,7-9H2,(H2,23,29)(H,24,28)(H,25,30)/t11?,16-,17+/m1/s1. The van der Waals surface area contributed by atoms with E-state index >= 15 is 0 Å². The molecule has 5 rings (SSSR count). The first-order valence-corrected chi connectivity index (χ1v) is 11.1. The van der Waals surface area contributed by atoms with E-state index in [0.717, 1.165) is 11.3 Å². The number of benzene rings is 1. The van der Waals surface area contributed by atoms with Gasteiger partial charge < -0.3 is 21.3 Å². The van der Waals surface area contributed by atoms with Crippen LogP contribution in [0.25, 0.3) is 10.9 Å². The number of halogens is 1. The highest BCUT2D eigenvalue weighted by Gasteiger charge is 2.56. The number of hydrogen-bond donors (Lipinski definition) is 3. The van der Waals surface area contributed by atoms with E-state index in [9.17, 15) is 14.4 Å². The van der Waals surface area contributed by atoms with Gasteiger partial charge in [-0.1, -0.05) is 29.8 Å². The van der Waals surface area contributed by atoms with Crippen LogP contribution in [0.5, 0.6) is 0 Å². The smallest absolute Gasteiger partial charge is 0.323 e. The summed E-state index contributed by atoms with van der Waals surface area (Å²) in [6.07, 6.45) is 3.07. The molecule has 3 aromatic rings. The highest BCUT2D eigenvalue weighted by molar-refractivity contribution is 7.16. The number of aromatic nitrogens is 1. The van der Waals surface area contributed by atoms with Gasteiger partial charge in [-0.3, -0.25) is 9.36 Å². The number of rotatable bonds is 4. The van der Waals surface area contributed by atoms with Crippen LogP contribution in [0.4, 0.5) is 15.3 Å². The number of carbonyl (C=O) groups excluding carboxylic acids is 3. The van der Waals surface area contributed by atoms with Gasteiger partial charge in [-0.2, -0.15) is 0 Å². The third kappa shape index (κ3) is 3.64. The molecule has 0 spiro atoms. The zero-order chi connectivity index (χ0) is 21.7. The normalized spacial score (nSPS) is 21.7. The largest absolute Gasteiger partial charge is 0.351 e. The summed E-state index contributed by atoms with van der Waals surface area (Å²) in [5.41, 5.74) is 6.55. The Hall–Kier alpha value is -3.04. The molecule has 1 saturated carbocycles. The topological polar surface area (TPSA) is 109 Å². The van der Waals surface area contributed by atoms with Crippen molar-refractivity contribution in [1.29, 1.82) is 0 Å². The quantitative estimate of drug-likeness (QED) is 0.556. The minimum atomic E-state index is -0.633. The Morgan fingerprint density at radius 2 is 1.97 bits per heavy atom. The molecule has 1 aromatic carbocycles. The molecule has 0 radical (unpaired) electrons. The number of nitrogens with zero attached hydrogens (tertiary/aromatic N) is 2. The second-order valence-electron chi connectivity index (χ2n) is 7.84. The highest BCUT2D eigenvalue weighted by Crippen LogP contribution is 2.48. The van der Waals surface area contributed by atoms with Crippen LogP contribution in [0.1, 0.15) is 17.7 Å². The number of anilines is 1. The van der Waals surface area contributed by atoms with Gasteiger partial charge >= 0.3 is 12.1 Å². The highest BCUT2D eigenvalue weighted by atomic mass is 35.5. The van der Waals surface area contributed by atoms with Crippen molar-refractivity contribution < 1.29 is 14.4 Å². The van der Waals surface area contributed by atoms with Crippen molar-refractivity contribution >= 4 is 57.5 Å². The van der Waals surface area contributed by atoms with Crippen molar-refractivity contribution in [3.8, 4) is 0 Å². The Balaban J connectivity index is 1.33. The van der Waals surface area contributed by atoms with Crippen molar-refractivity contribution in [2.24, 2.45) is 11.7 Å². The molecule has 4 N–H and O–H groups in total. The maximum atomic E-state index is 13.2. The minimum absolute atomic E-state index is 0.0661. The first kappa shape index (κ1) is 19.9. The molecule has 1 unspecified atom stereocenters. The number of para-hydroxylation sites is 1. The lowest BCUT2D eigenvalue weighted by Gasteiger charge is -2.26. The van der Waals surface area contributed by atoms with E-state index < -0.39 is 12.1 Å². The molecule has 8 nitrogen and oxygen atoms in total. The van der Waals surface area contributed by atoms with Gasteiger partial charge in [0.1, 0.15) is 6.04 Å². The molecular weight excluding hydrogens is 438 g/mol. The molecule has 2 fully saturated rings. The van der Waals surface area contributed by atoms with Gasteiger partial charge in [0.25, 0.3) is 0 Å². The van der Waals surface area contributed by atoms with Crippen molar-refractivity contribution in [3.63, 3.8) is 0 Å². The van der Waals surface area contributed by atoms with E-state index in [1.165, 1.54) is 22.1 Å². The third-order valence-electron chi connectivity index (χ3n) is 5.90. The number of likely N-dealkylation sites (tertiary alicyclic amines) is 1. The molecule has 31 heavy (non-hydrogen) atoms. The summed E-state index contributed by atoms with van der Waals surface area (Å²) in [5.74, 6) is 0.177. The van der Waals surface area contributed by atoms with Crippen LogP contribution in [0, 0.1) is 5.92 Å². The van der Waals surface area contributed by atoms with Crippen LogP contribution in [0.15, 0.2) is 42.6 Å². The number of hydrogen-bond acceptors (Lipinski definition) is 4. The third-order valence-corrected chi connectivity index (χ3v) is 7.13. The predicted octanol–water partition coefficient (Wildman–Crippen LogP) is 3.59. The summed E-state index contributed by atoms with van der Waals surface area (Å²) >= 11 is 7.36. The maximum Gasteiger partial charge on any atom is 0.323 e. The van der Waals surface area contributed by atoms with Crippen molar-refractivity contribution in [3.05, 3.63) is 51.8 Å². The fraction of sp³-hybridized carbons (Fsp3) is 0.286. The molecule has 1 aliphatic heterocycles. The van der Waals surface area contributed by atoms with Crippen LogP contribution in [0.3, 0.4) is 0 Å². The van der Waals surface area contributed by atoms with Gasteiger partial charge in [-0.15, -0.1) is 11.3 Å². The van der Waals surface area contributed by atoms with Gasteiger partial charge in [0.15, 0.2) is 0 Å². The SMILES string of the molecule is NC(=O)n1cc(NC(=O)N2[C@@H]3CC3C[C@H]2C(=O)NCc2ccc(Cl)s2)c2ccccc21. The second kappa shape index (κ2) is 7.58. The number of piperidine rings is 1. The van der Waals surface area contributed by atoms with E-state index in [0.29, 0.717) is 39.8 Å². The molecule has 2 aliphatic rings. The number of nitrogens with two attached hydrogens (primary N) is 1. The predicted molar refractivity (Wildman–Crippen MR) is 119 cm³/mol. The number of nitrogens with one attached hydrogen (secondary N) is 2. The van der Waals surface area contributed by atoms with Gasteiger partial charge in [0.05, 0.1) is 22.1 Å². The molecular formula is C21H20ClN5O3S. The molecule has 10 heteroatoms. The fourth-order valence-corrected chi connectivity index (χ4v) is 5.39. The second-order valence-corrected chi connectivity index (χ2v) is 9.64. The van der Waals surface area contributed by atoms with Gasteiger partial charge in [0, 0.05) is 22.5 Å². The Morgan fingerprint density at radius 3 is 2.71 bits per heavy atom. The minimum Gasteiger partial charge on any atom is -0.351 e. The Labute approximate surface area is 186 Å². The number of thiophene rings is 1. The summed E-state index contributed by atoms with van der Waals surface area (Å²) in [6, 6.07) is 9.41. The summed E-state index contributed by atoms with van der Waals surface area (Å²) < 4.78 is 1.97. The maximum absolute atomic E-state index is 13.2. The van der Waals surface area contributed by atoms with E-state index in [4.69, 9.17) is 17.3 Å². The van der Waals surface area contributed by atoms with E-state index in [1.54, 1.807) is 23.1 Å². The van der Waals surface area contributed by atoms with Crippen LogP contribution >= 0.6 is 22.9 Å². The molecule has 4 amide bonds. The average molecular weight is 458 g/mol. The van der Waals surface area contributed by atoms with Gasteiger partial charge in [0.2, 0.25) is 5.91 Å². The lowest BCUT2D eigenvalue weighted by Crippen LogP contribution is -2.49. The number of primary amides is 1.